The van der Waals surface area contributed by atoms with Crippen LogP contribution in [0.25, 0.3) is 5.57 Å². The molecule has 2 heterocycles. The maximum absolute atomic E-state index is 11.7. The van der Waals surface area contributed by atoms with E-state index in [4.69, 9.17) is 16.6 Å². The molecule has 26 heavy (non-hydrogen) atoms. The van der Waals surface area contributed by atoms with Gasteiger partial charge in [0.1, 0.15) is 0 Å². The summed E-state index contributed by atoms with van der Waals surface area (Å²) in [6, 6.07) is 10.2. The van der Waals surface area contributed by atoms with Gasteiger partial charge in [0.2, 0.25) is 6.29 Å². The fraction of sp³-hybridized carbons (Fsp3) is 0.286. The van der Waals surface area contributed by atoms with Crippen LogP contribution in [-0.2, 0) is 22.4 Å². The summed E-state index contributed by atoms with van der Waals surface area (Å²) in [6.45, 7) is 1.14. The Balaban J connectivity index is 1.82. The molecule has 2 aromatic rings. The fourth-order valence-electron chi connectivity index (χ4n) is 3.95. The number of aromatic nitrogens is 1. The number of piperidine rings is 1. The predicted molar refractivity (Wildman–Crippen MR) is 101 cm³/mol. The number of fused-ring (bicyclic) bond motifs is 2. The second kappa shape index (κ2) is 7.04. The normalized spacial score (nSPS) is 16.6. The van der Waals surface area contributed by atoms with Gasteiger partial charge in [0.25, 0.3) is 5.91 Å². The first-order chi connectivity index (χ1) is 12.7. The third-order valence-corrected chi connectivity index (χ3v) is 5.50. The molecule has 0 bridgehead atoms. The van der Waals surface area contributed by atoms with Crippen molar-refractivity contribution in [2.75, 3.05) is 13.1 Å². The van der Waals surface area contributed by atoms with E-state index < -0.39 is 5.91 Å². The number of amides is 1. The largest absolute Gasteiger partial charge is 0.336 e. The number of hydrogen-bond donors (Lipinski definition) is 0. The lowest BCUT2D eigenvalue weighted by atomic mass is 9.88. The lowest BCUT2D eigenvalue weighted by Gasteiger charge is -2.29. The van der Waals surface area contributed by atoms with Crippen molar-refractivity contribution in [1.29, 1.82) is 0 Å². The Kier molecular flexibility index (Phi) is 4.60. The van der Waals surface area contributed by atoms with Crippen LogP contribution >= 0.6 is 11.6 Å². The van der Waals surface area contributed by atoms with Crippen LogP contribution in [0, 0.1) is 0 Å². The van der Waals surface area contributed by atoms with E-state index in [1.54, 1.807) is 4.90 Å². The smallest absolute Gasteiger partial charge is 0.286 e. The number of carbonyl (C=O) groups excluding carboxylic acids is 2. The van der Waals surface area contributed by atoms with E-state index in [0.717, 1.165) is 36.4 Å². The van der Waals surface area contributed by atoms with Crippen LogP contribution in [0.2, 0.25) is 5.02 Å². The molecular weight excluding hydrogens is 348 g/mol. The summed E-state index contributed by atoms with van der Waals surface area (Å²) < 4.78 is 0. The van der Waals surface area contributed by atoms with Crippen molar-refractivity contribution in [2.24, 2.45) is 0 Å². The van der Waals surface area contributed by atoms with Crippen molar-refractivity contribution < 1.29 is 9.59 Å². The third-order valence-electron chi connectivity index (χ3n) is 5.26. The van der Waals surface area contributed by atoms with E-state index in [9.17, 15) is 9.59 Å². The van der Waals surface area contributed by atoms with E-state index >= 15 is 0 Å². The zero-order chi connectivity index (χ0) is 18.1. The number of nitrogens with zero attached hydrogens (tertiary/aromatic N) is 2. The van der Waals surface area contributed by atoms with Gasteiger partial charge in [-0.2, -0.15) is 0 Å². The van der Waals surface area contributed by atoms with Gasteiger partial charge in [-0.15, -0.1) is 0 Å². The van der Waals surface area contributed by atoms with Gasteiger partial charge in [-0.05, 0) is 60.6 Å². The highest BCUT2D eigenvalue weighted by Crippen LogP contribution is 2.38. The molecule has 1 aromatic heterocycles. The molecule has 2 aliphatic rings. The van der Waals surface area contributed by atoms with E-state index in [0.29, 0.717) is 19.4 Å². The Bertz CT molecular complexity index is 910. The molecule has 0 radical (unpaired) electrons. The molecular formula is C21H19ClN2O2. The number of carbonyl (C=O) groups is 2. The zero-order valence-electron chi connectivity index (χ0n) is 14.4. The van der Waals surface area contributed by atoms with Gasteiger partial charge < -0.3 is 4.90 Å². The van der Waals surface area contributed by atoms with Crippen LogP contribution in [0.4, 0.5) is 0 Å². The number of aryl methyl sites for hydroxylation is 2. The summed E-state index contributed by atoms with van der Waals surface area (Å²) in [4.78, 5) is 28.7. The topological polar surface area (TPSA) is 50.3 Å². The van der Waals surface area contributed by atoms with Gasteiger partial charge in [-0.3, -0.25) is 14.6 Å². The predicted octanol–water partition coefficient (Wildman–Crippen LogP) is 3.46. The standard InChI is InChI=1S/C21H19ClN2O2/c22-17-5-6-18-16(12-17)4-3-15-2-1-9-23-21(15)20(18)14-7-10-24(11-8-14)19(26)13-25/h1-2,5-6,9,12-13H,3-4,7-8,10-11H2. The SMILES string of the molecule is O=CC(=O)N1CCC(=C2c3ccc(Cl)cc3CCc3cccnc32)CC1. The Hall–Kier alpha value is -2.46. The van der Waals surface area contributed by atoms with Crippen molar-refractivity contribution in [3.05, 3.63) is 69.5 Å². The Labute approximate surface area is 157 Å². The highest BCUT2D eigenvalue weighted by atomic mass is 35.5. The molecule has 0 spiro atoms. The highest BCUT2D eigenvalue weighted by Gasteiger charge is 2.26. The molecule has 1 aromatic carbocycles. The van der Waals surface area contributed by atoms with Crippen molar-refractivity contribution in [2.45, 2.75) is 25.7 Å². The first-order valence-electron chi connectivity index (χ1n) is 8.86. The van der Waals surface area contributed by atoms with Crippen LogP contribution in [0.1, 0.15) is 35.2 Å². The summed E-state index contributed by atoms with van der Waals surface area (Å²) in [7, 11) is 0. The van der Waals surface area contributed by atoms with Crippen molar-refractivity contribution >= 4 is 29.4 Å². The van der Waals surface area contributed by atoms with E-state index in [1.807, 2.05) is 24.4 Å². The molecule has 1 aliphatic heterocycles. The van der Waals surface area contributed by atoms with E-state index in [-0.39, 0.29) is 0 Å². The molecule has 0 atom stereocenters. The van der Waals surface area contributed by atoms with Gasteiger partial charge in [0, 0.05) is 29.9 Å². The molecule has 1 amide bonds. The summed E-state index contributed by atoms with van der Waals surface area (Å²) in [5, 5.41) is 0.749. The number of halogens is 1. The second-order valence-electron chi connectivity index (χ2n) is 6.73. The van der Waals surface area contributed by atoms with Crippen LogP contribution in [0.5, 0.6) is 0 Å². The minimum Gasteiger partial charge on any atom is -0.336 e. The van der Waals surface area contributed by atoms with Gasteiger partial charge in [0.05, 0.1) is 5.69 Å². The van der Waals surface area contributed by atoms with Crippen molar-refractivity contribution in [3.63, 3.8) is 0 Å². The number of benzene rings is 1. The average Bonchev–Trinajstić information content (AvgIpc) is 2.84. The molecule has 0 unspecified atom stereocenters. The van der Waals surface area contributed by atoms with Gasteiger partial charge in [-0.1, -0.05) is 29.3 Å². The Morgan fingerprint density at radius 3 is 2.62 bits per heavy atom. The lowest BCUT2D eigenvalue weighted by molar-refractivity contribution is -0.139. The number of likely N-dealkylation sites (tertiary alicyclic amines) is 1. The minimum atomic E-state index is -0.430. The quantitative estimate of drug-likeness (QED) is 0.573. The van der Waals surface area contributed by atoms with Gasteiger partial charge in [-0.25, -0.2) is 0 Å². The number of aldehydes is 1. The Morgan fingerprint density at radius 1 is 1.08 bits per heavy atom. The van der Waals surface area contributed by atoms with Crippen molar-refractivity contribution in [1.82, 2.24) is 9.88 Å². The monoisotopic (exact) mass is 366 g/mol. The molecule has 0 N–H and O–H groups in total. The minimum absolute atomic E-state index is 0.401. The maximum atomic E-state index is 11.7. The van der Waals surface area contributed by atoms with Crippen LogP contribution < -0.4 is 0 Å². The van der Waals surface area contributed by atoms with E-state index in [1.165, 1.54) is 27.8 Å². The lowest BCUT2D eigenvalue weighted by Crippen LogP contribution is -2.37. The summed E-state index contributed by atoms with van der Waals surface area (Å²) in [5.41, 5.74) is 7.20. The summed E-state index contributed by atoms with van der Waals surface area (Å²) in [5.74, 6) is -0.430. The third kappa shape index (κ3) is 3.06. The molecule has 1 fully saturated rings. The average molecular weight is 367 g/mol. The molecule has 5 heteroatoms. The molecule has 4 nitrogen and oxygen atoms in total. The first-order valence-corrected chi connectivity index (χ1v) is 9.24. The molecule has 132 valence electrons. The second-order valence-corrected chi connectivity index (χ2v) is 7.17. The summed E-state index contributed by atoms with van der Waals surface area (Å²) >= 11 is 6.24. The number of hydrogen-bond acceptors (Lipinski definition) is 3. The fourth-order valence-corrected chi connectivity index (χ4v) is 4.15. The van der Waals surface area contributed by atoms with Crippen LogP contribution in [0.3, 0.4) is 0 Å². The number of rotatable bonds is 1. The molecule has 0 saturated carbocycles. The maximum Gasteiger partial charge on any atom is 0.286 e. The highest BCUT2D eigenvalue weighted by molar-refractivity contribution is 6.30. The molecule has 1 saturated heterocycles. The van der Waals surface area contributed by atoms with Crippen LogP contribution in [-0.4, -0.2) is 35.2 Å². The summed E-state index contributed by atoms with van der Waals surface area (Å²) in [6.07, 6.45) is 5.62. The van der Waals surface area contributed by atoms with E-state index in [2.05, 4.69) is 12.1 Å². The first kappa shape index (κ1) is 17.0. The number of pyridine rings is 1. The van der Waals surface area contributed by atoms with Crippen LogP contribution in [0.15, 0.2) is 42.1 Å². The van der Waals surface area contributed by atoms with Crippen molar-refractivity contribution in [3.8, 4) is 0 Å². The zero-order valence-corrected chi connectivity index (χ0v) is 15.1. The van der Waals surface area contributed by atoms with Gasteiger partial charge in [0.15, 0.2) is 0 Å². The Morgan fingerprint density at radius 2 is 1.85 bits per heavy atom. The van der Waals surface area contributed by atoms with Gasteiger partial charge >= 0.3 is 0 Å². The molecule has 1 aliphatic carbocycles. The molecule has 4 rings (SSSR count).